The van der Waals surface area contributed by atoms with Crippen LogP contribution < -0.4 is 10.6 Å². The maximum absolute atomic E-state index is 13.0. The largest absolute Gasteiger partial charge is 0.418 e. The molecule has 0 saturated carbocycles. The van der Waals surface area contributed by atoms with Crippen LogP contribution in [0.1, 0.15) is 24.5 Å². The molecule has 6 nitrogen and oxygen atoms in total. The lowest BCUT2D eigenvalue weighted by Gasteiger charge is -2.16. The minimum absolute atomic E-state index is 0.0410. The summed E-state index contributed by atoms with van der Waals surface area (Å²) in [4.78, 5) is 22.5. The van der Waals surface area contributed by atoms with Crippen molar-refractivity contribution in [1.29, 1.82) is 0 Å². The molecule has 0 bridgehead atoms. The van der Waals surface area contributed by atoms with Crippen LogP contribution in [0.2, 0.25) is 0 Å². The topological polar surface area (TPSA) is 84.3 Å². The van der Waals surface area contributed by atoms with Crippen LogP contribution >= 0.6 is 0 Å². The SMILES string of the molecule is CC(CC(=O)Nc1ccccc1C(F)(F)F)NCc1ccccc1[N+](=O)[O-]. The van der Waals surface area contributed by atoms with E-state index in [1.165, 1.54) is 24.3 Å². The summed E-state index contributed by atoms with van der Waals surface area (Å²) in [7, 11) is 0. The van der Waals surface area contributed by atoms with Crippen molar-refractivity contribution in [2.24, 2.45) is 0 Å². The minimum Gasteiger partial charge on any atom is -0.325 e. The van der Waals surface area contributed by atoms with Gasteiger partial charge in [0.2, 0.25) is 5.91 Å². The number of nitrogens with one attached hydrogen (secondary N) is 2. The molecule has 0 radical (unpaired) electrons. The van der Waals surface area contributed by atoms with Gasteiger partial charge in [-0.2, -0.15) is 13.2 Å². The first kappa shape index (κ1) is 20.4. The normalized spacial score (nSPS) is 12.4. The molecule has 2 N–H and O–H groups in total. The van der Waals surface area contributed by atoms with E-state index < -0.39 is 28.6 Å². The van der Waals surface area contributed by atoms with Crippen molar-refractivity contribution in [3.63, 3.8) is 0 Å². The van der Waals surface area contributed by atoms with Gasteiger partial charge in [0.1, 0.15) is 0 Å². The molecule has 9 heteroatoms. The molecular weight excluding hydrogens is 363 g/mol. The molecule has 2 rings (SSSR count). The Morgan fingerprint density at radius 3 is 2.44 bits per heavy atom. The van der Waals surface area contributed by atoms with Crippen LogP contribution in [-0.2, 0) is 17.5 Å². The average Bonchev–Trinajstić information content (AvgIpc) is 2.59. The van der Waals surface area contributed by atoms with E-state index in [-0.39, 0.29) is 24.3 Å². The van der Waals surface area contributed by atoms with Gasteiger partial charge >= 0.3 is 6.18 Å². The van der Waals surface area contributed by atoms with Gasteiger partial charge in [0, 0.05) is 30.6 Å². The summed E-state index contributed by atoms with van der Waals surface area (Å²) in [6.45, 7) is 1.83. The zero-order valence-corrected chi connectivity index (χ0v) is 14.4. The number of anilines is 1. The standard InChI is InChI=1S/C18H18F3N3O3/c1-12(22-11-13-6-2-5-9-16(13)24(26)27)10-17(25)23-15-8-4-3-7-14(15)18(19,20)21/h2-9,12,22H,10-11H2,1H3,(H,23,25). The quantitative estimate of drug-likeness (QED) is 0.558. The van der Waals surface area contributed by atoms with Crippen molar-refractivity contribution in [1.82, 2.24) is 5.32 Å². The second kappa shape index (κ2) is 8.63. The number of alkyl halides is 3. The van der Waals surface area contributed by atoms with E-state index in [0.717, 1.165) is 6.07 Å². The average molecular weight is 381 g/mol. The fourth-order valence-electron chi connectivity index (χ4n) is 2.51. The number of para-hydroxylation sites is 2. The van der Waals surface area contributed by atoms with Crippen molar-refractivity contribution >= 4 is 17.3 Å². The third-order valence-electron chi connectivity index (χ3n) is 3.83. The number of amides is 1. The van der Waals surface area contributed by atoms with Gasteiger partial charge in [-0.05, 0) is 19.1 Å². The summed E-state index contributed by atoms with van der Waals surface area (Å²) in [5.41, 5.74) is -0.808. The van der Waals surface area contributed by atoms with E-state index in [1.54, 1.807) is 25.1 Å². The lowest BCUT2D eigenvalue weighted by atomic mass is 10.1. The number of rotatable bonds is 7. The van der Waals surface area contributed by atoms with E-state index in [1.807, 2.05) is 0 Å². The van der Waals surface area contributed by atoms with Crippen molar-refractivity contribution in [2.75, 3.05) is 5.32 Å². The third kappa shape index (κ3) is 5.78. The molecule has 0 fully saturated rings. The van der Waals surface area contributed by atoms with Crippen LogP contribution in [0.4, 0.5) is 24.5 Å². The molecule has 2 aromatic carbocycles. The highest BCUT2D eigenvalue weighted by molar-refractivity contribution is 5.92. The van der Waals surface area contributed by atoms with Gasteiger partial charge in [-0.25, -0.2) is 0 Å². The predicted molar refractivity (Wildman–Crippen MR) is 94.1 cm³/mol. The number of nitro groups is 1. The van der Waals surface area contributed by atoms with Gasteiger partial charge in [-0.15, -0.1) is 0 Å². The molecule has 1 amide bonds. The van der Waals surface area contributed by atoms with Gasteiger partial charge in [0.15, 0.2) is 0 Å². The summed E-state index contributed by atoms with van der Waals surface area (Å²) in [5, 5.41) is 16.2. The van der Waals surface area contributed by atoms with Gasteiger partial charge in [-0.3, -0.25) is 14.9 Å². The monoisotopic (exact) mass is 381 g/mol. The highest BCUT2D eigenvalue weighted by Gasteiger charge is 2.33. The number of nitro benzene ring substituents is 1. The van der Waals surface area contributed by atoms with Crippen LogP contribution in [0.5, 0.6) is 0 Å². The second-order valence-corrected chi connectivity index (χ2v) is 5.96. The molecule has 2 aromatic rings. The van der Waals surface area contributed by atoms with E-state index in [9.17, 15) is 28.1 Å². The van der Waals surface area contributed by atoms with Gasteiger partial charge in [-0.1, -0.05) is 30.3 Å². The molecule has 1 unspecified atom stereocenters. The predicted octanol–water partition coefficient (Wildman–Crippen LogP) is 4.12. The van der Waals surface area contributed by atoms with E-state index >= 15 is 0 Å². The Balaban J connectivity index is 1.95. The van der Waals surface area contributed by atoms with E-state index in [2.05, 4.69) is 10.6 Å². The lowest BCUT2D eigenvalue weighted by molar-refractivity contribution is -0.385. The van der Waals surface area contributed by atoms with Crippen LogP contribution in [0, 0.1) is 10.1 Å². The summed E-state index contributed by atoms with van der Waals surface area (Å²) >= 11 is 0. The van der Waals surface area contributed by atoms with Crippen LogP contribution in [0.15, 0.2) is 48.5 Å². The van der Waals surface area contributed by atoms with Crippen LogP contribution in [0.25, 0.3) is 0 Å². The second-order valence-electron chi connectivity index (χ2n) is 5.96. The molecule has 0 heterocycles. The Kier molecular flexibility index (Phi) is 6.51. The number of carbonyl (C=O) groups is 1. The lowest BCUT2D eigenvalue weighted by Crippen LogP contribution is -2.30. The number of halogens is 3. The fourth-order valence-corrected chi connectivity index (χ4v) is 2.51. The molecule has 0 aliphatic rings. The number of carbonyl (C=O) groups excluding carboxylic acids is 1. The van der Waals surface area contributed by atoms with Crippen LogP contribution in [-0.4, -0.2) is 16.9 Å². The molecule has 0 aliphatic heterocycles. The van der Waals surface area contributed by atoms with Gasteiger partial charge in [0.25, 0.3) is 5.69 Å². The van der Waals surface area contributed by atoms with Crippen LogP contribution in [0.3, 0.4) is 0 Å². The maximum Gasteiger partial charge on any atom is 0.418 e. The molecular formula is C18H18F3N3O3. The number of nitrogens with zero attached hydrogens (tertiary/aromatic N) is 1. The number of hydrogen-bond donors (Lipinski definition) is 2. The Morgan fingerprint density at radius 1 is 1.15 bits per heavy atom. The summed E-state index contributed by atoms with van der Waals surface area (Å²) < 4.78 is 38.9. The Hall–Kier alpha value is -2.94. The van der Waals surface area contributed by atoms with Crippen molar-refractivity contribution < 1.29 is 22.9 Å². The smallest absolute Gasteiger partial charge is 0.325 e. The third-order valence-corrected chi connectivity index (χ3v) is 3.83. The molecule has 27 heavy (non-hydrogen) atoms. The Bertz CT molecular complexity index is 825. The van der Waals surface area contributed by atoms with E-state index in [0.29, 0.717) is 5.56 Å². The van der Waals surface area contributed by atoms with Gasteiger partial charge in [0.05, 0.1) is 16.2 Å². The van der Waals surface area contributed by atoms with Crippen molar-refractivity contribution in [3.05, 3.63) is 69.8 Å². The number of hydrogen-bond acceptors (Lipinski definition) is 4. The molecule has 0 aliphatic carbocycles. The van der Waals surface area contributed by atoms with Crippen molar-refractivity contribution in [3.8, 4) is 0 Å². The molecule has 1 atom stereocenters. The first-order valence-electron chi connectivity index (χ1n) is 8.10. The van der Waals surface area contributed by atoms with E-state index in [4.69, 9.17) is 0 Å². The number of benzene rings is 2. The Morgan fingerprint density at radius 2 is 1.78 bits per heavy atom. The minimum atomic E-state index is -4.57. The molecule has 144 valence electrons. The highest BCUT2D eigenvalue weighted by atomic mass is 19.4. The first-order valence-corrected chi connectivity index (χ1v) is 8.10. The molecule has 0 aromatic heterocycles. The summed E-state index contributed by atoms with van der Waals surface area (Å²) in [5.74, 6) is -0.589. The zero-order valence-electron chi connectivity index (χ0n) is 14.4. The van der Waals surface area contributed by atoms with Gasteiger partial charge < -0.3 is 10.6 Å². The molecule has 0 saturated heterocycles. The summed E-state index contributed by atoms with van der Waals surface area (Å²) in [6.07, 6.45) is -4.66. The first-order chi connectivity index (χ1) is 12.7. The summed E-state index contributed by atoms with van der Waals surface area (Å²) in [6, 6.07) is 10.5. The maximum atomic E-state index is 13.0. The zero-order chi connectivity index (χ0) is 20.0. The fraction of sp³-hybridized carbons (Fsp3) is 0.278. The Labute approximate surface area is 153 Å². The highest BCUT2D eigenvalue weighted by Crippen LogP contribution is 2.34. The molecule has 0 spiro atoms. The van der Waals surface area contributed by atoms with Crippen molar-refractivity contribution in [2.45, 2.75) is 32.1 Å².